The molecule has 3 aromatic heterocycles. The van der Waals surface area contributed by atoms with Crippen LogP contribution in [0.15, 0.2) is 54.7 Å². The van der Waals surface area contributed by atoms with Gasteiger partial charge in [0.05, 0.1) is 22.8 Å². The molecule has 3 N–H and O–H groups in total. The summed E-state index contributed by atoms with van der Waals surface area (Å²) in [5.41, 5.74) is 7.41. The Morgan fingerprint density at radius 3 is 2.70 bits per heavy atom. The molecular formula is C19H12F2N4OS. The fraction of sp³-hybridized carbons (Fsp3) is 0. The molecule has 0 unspecified atom stereocenters. The average Bonchev–Trinajstić information content (AvgIpc) is 3.01. The molecule has 8 heteroatoms. The Hall–Kier alpha value is -3.39. The maximum absolute atomic E-state index is 13.8. The summed E-state index contributed by atoms with van der Waals surface area (Å²) in [7, 11) is 0. The molecular weight excluding hydrogens is 370 g/mol. The van der Waals surface area contributed by atoms with Gasteiger partial charge in [-0.25, -0.2) is 13.8 Å². The monoisotopic (exact) mass is 382 g/mol. The number of benzene rings is 1. The van der Waals surface area contributed by atoms with Crippen molar-refractivity contribution in [2.24, 2.45) is 0 Å². The standard InChI is InChI=1S/C19H12F2N4OS/c20-10-4-6-12(21)15(9-10)24-18(26)17-16(22)11-5-7-14(25-19(11)27-17)13-3-1-2-8-23-13/h1-9H,22H2,(H,24,26). The van der Waals surface area contributed by atoms with Crippen LogP contribution in [0.2, 0.25) is 0 Å². The summed E-state index contributed by atoms with van der Waals surface area (Å²) in [6.45, 7) is 0. The first kappa shape index (κ1) is 17.0. The highest BCUT2D eigenvalue weighted by atomic mass is 32.1. The van der Waals surface area contributed by atoms with E-state index >= 15 is 0 Å². The number of thiophene rings is 1. The third-order valence-corrected chi connectivity index (χ3v) is 5.02. The highest BCUT2D eigenvalue weighted by Gasteiger charge is 2.19. The number of nitrogen functional groups attached to an aromatic ring is 1. The highest BCUT2D eigenvalue weighted by Crippen LogP contribution is 2.34. The first-order valence-corrected chi connectivity index (χ1v) is 8.71. The molecule has 134 valence electrons. The van der Waals surface area contributed by atoms with Gasteiger partial charge < -0.3 is 11.1 Å². The molecule has 1 amide bonds. The number of halogens is 2. The Morgan fingerprint density at radius 2 is 1.93 bits per heavy atom. The van der Waals surface area contributed by atoms with Crippen LogP contribution in [0.5, 0.6) is 0 Å². The van der Waals surface area contributed by atoms with Crippen LogP contribution in [-0.2, 0) is 0 Å². The molecule has 0 fully saturated rings. The molecule has 0 spiro atoms. The van der Waals surface area contributed by atoms with Crippen LogP contribution in [0.4, 0.5) is 20.2 Å². The smallest absolute Gasteiger partial charge is 0.268 e. The van der Waals surface area contributed by atoms with Crippen molar-refractivity contribution >= 4 is 38.8 Å². The summed E-state index contributed by atoms with van der Waals surface area (Å²) >= 11 is 1.08. The Kier molecular flexibility index (Phi) is 4.25. The molecule has 27 heavy (non-hydrogen) atoms. The maximum Gasteiger partial charge on any atom is 0.268 e. The van der Waals surface area contributed by atoms with Crippen molar-refractivity contribution in [3.63, 3.8) is 0 Å². The maximum atomic E-state index is 13.8. The van der Waals surface area contributed by atoms with Crippen LogP contribution in [-0.4, -0.2) is 15.9 Å². The fourth-order valence-corrected chi connectivity index (χ4v) is 3.58. The fourth-order valence-electron chi connectivity index (χ4n) is 2.60. The van der Waals surface area contributed by atoms with Crippen molar-refractivity contribution in [1.82, 2.24) is 9.97 Å². The van der Waals surface area contributed by atoms with Crippen molar-refractivity contribution in [2.45, 2.75) is 0 Å². The van der Waals surface area contributed by atoms with Gasteiger partial charge >= 0.3 is 0 Å². The first-order valence-electron chi connectivity index (χ1n) is 7.90. The lowest BCUT2D eigenvalue weighted by molar-refractivity contribution is 0.103. The van der Waals surface area contributed by atoms with Crippen LogP contribution in [0.25, 0.3) is 21.6 Å². The van der Waals surface area contributed by atoms with Crippen LogP contribution in [0.1, 0.15) is 9.67 Å². The predicted octanol–water partition coefficient (Wildman–Crippen LogP) is 4.47. The number of nitrogens with two attached hydrogens (primary N) is 1. The second-order valence-electron chi connectivity index (χ2n) is 5.69. The molecule has 0 radical (unpaired) electrons. The molecule has 4 aromatic rings. The number of pyridine rings is 2. The number of amides is 1. The number of carbonyl (C=O) groups is 1. The van der Waals surface area contributed by atoms with E-state index in [4.69, 9.17) is 5.73 Å². The molecule has 0 aliphatic rings. The highest BCUT2D eigenvalue weighted by molar-refractivity contribution is 7.21. The first-order chi connectivity index (χ1) is 13.0. The third-order valence-electron chi connectivity index (χ3n) is 3.90. The Balaban J connectivity index is 1.70. The van der Waals surface area contributed by atoms with Crippen LogP contribution < -0.4 is 11.1 Å². The van der Waals surface area contributed by atoms with Gasteiger partial charge in [-0.15, -0.1) is 11.3 Å². The van der Waals surface area contributed by atoms with Gasteiger partial charge in [-0.2, -0.15) is 0 Å². The van der Waals surface area contributed by atoms with E-state index in [9.17, 15) is 13.6 Å². The molecule has 0 atom stereocenters. The molecule has 3 heterocycles. The van der Waals surface area contributed by atoms with Gasteiger partial charge in [0.15, 0.2) is 0 Å². The molecule has 1 aromatic carbocycles. The predicted molar refractivity (Wildman–Crippen MR) is 102 cm³/mol. The summed E-state index contributed by atoms with van der Waals surface area (Å²) in [6.07, 6.45) is 1.66. The number of nitrogens with one attached hydrogen (secondary N) is 1. The van der Waals surface area contributed by atoms with Crippen molar-refractivity contribution in [1.29, 1.82) is 0 Å². The Bertz CT molecular complexity index is 1160. The lowest BCUT2D eigenvalue weighted by atomic mass is 10.2. The SMILES string of the molecule is Nc1c(C(=O)Nc2cc(F)ccc2F)sc2nc(-c3ccccn3)ccc12. The topological polar surface area (TPSA) is 80.9 Å². The van der Waals surface area contributed by atoms with Gasteiger partial charge in [0, 0.05) is 17.6 Å². The molecule has 0 aliphatic heterocycles. The van der Waals surface area contributed by atoms with Gasteiger partial charge in [0.1, 0.15) is 21.3 Å². The van der Waals surface area contributed by atoms with Crippen molar-refractivity contribution in [2.75, 3.05) is 11.1 Å². The number of anilines is 2. The van der Waals surface area contributed by atoms with Gasteiger partial charge in [-0.05, 0) is 36.4 Å². The second-order valence-corrected chi connectivity index (χ2v) is 6.69. The lowest BCUT2D eigenvalue weighted by Crippen LogP contribution is -2.13. The minimum Gasteiger partial charge on any atom is -0.397 e. The Labute approximate surface area is 156 Å². The lowest BCUT2D eigenvalue weighted by Gasteiger charge is -2.05. The average molecular weight is 382 g/mol. The van der Waals surface area contributed by atoms with E-state index < -0.39 is 17.5 Å². The van der Waals surface area contributed by atoms with Gasteiger partial charge in [0.2, 0.25) is 0 Å². The molecule has 0 bridgehead atoms. The molecule has 5 nitrogen and oxygen atoms in total. The molecule has 0 saturated heterocycles. The number of hydrogen-bond donors (Lipinski definition) is 2. The quantitative estimate of drug-likeness (QED) is 0.548. The van der Waals surface area contributed by atoms with E-state index in [1.807, 2.05) is 12.1 Å². The van der Waals surface area contributed by atoms with Crippen LogP contribution in [0, 0.1) is 11.6 Å². The number of rotatable bonds is 3. The number of carbonyl (C=O) groups excluding carboxylic acids is 1. The number of nitrogens with zero attached hydrogens (tertiary/aromatic N) is 2. The Morgan fingerprint density at radius 1 is 1.07 bits per heavy atom. The zero-order chi connectivity index (χ0) is 19.0. The summed E-state index contributed by atoms with van der Waals surface area (Å²) in [4.78, 5) is 22.0. The van der Waals surface area contributed by atoms with E-state index in [2.05, 4.69) is 15.3 Å². The van der Waals surface area contributed by atoms with Crippen molar-refractivity contribution in [3.8, 4) is 11.4 Å². The van der Waals surface area contributed by atoms with Gasteiger partial charge in [0.25, 0.3) is 5.91 Å². The van der Waals surface area contributed by atoms with E-state index in [-0.39, 0.29) is 16.3 Å². The van der Waals surface area contributed by atoms with E-state index in [1.54, 1.807) is 24.4 Å². The molecule has 4 rings (SSSR count). The van der Waals surface area contributed by atoms with E-state index in [0.717, 1.165) is 29.5 Å². The summed E-state index contributed by atoms with van der Waals surface area (Å²) in [6, 6.07) is 11.8. The summed E-state index contributed by atoms with van der Waals surface area (Å²) in [5.74, 6) is -2.02. The zero-order valence-corrected chi connectivity index (χ0v) is 14.6. The minimum atomic E-state index is -0.736. The molecule has 0 aliphatic carbocycles. The third kappa shape index (κ3) is 3.22. The largest absolute Gasteiger partial charge is 0.397 e. The summed E-state index contributed by atoms with van der Waals surface area (Å²) < 4.78 is 27.1. The molecule has 0 saturated carbocycles. The van der Waals surface area contributed by atoms with E-state index in [0.29, 0.717) is 21.6 Å². The van der Waals surface area contributed by atoms with Gasteiger partial charge in [-0.1, -0.05) is 6.07 Å². The van der Waals surface area contributed by atoms with Crippen molar-refractivity contribution in [3.05, 3.63) is 71.2 Å². The van der Waals surface area contributed by atoms with Gasteiger partial charge in [-0.3, -0.25) is 9.78 Å². The van der Waals surface area contributed by atoms with Crippen molar-refractivity contribution < 1.29 is 13.6 Å². The zero-order valence-electron chi connectivity index (χ0n) is 13.7. The number of hydrogen-bond acceptors (Lipinski definition) is 5. The minimum absolute atomic E-state index is 0.180. The van der Waals surface area contributed by atoms with Crippen LogP contribution >= 0.6 is 11.3 Å². The second kappa shape index (κ2) is 6.73. The van der Waals surface area contributed by atoms with Crippen LogP contribution in [0.3, 0.4) is 0 Å². The van der Waals surface area contributed by atoms with E-state index in [1.165, 1.54) is 0 Å². The summed E-state index contributed by atoms with van der Waals surface area (Å²) in [5, 5.41) is 2.97. The number of aromatic nitrogens is 2. The normalized spacial score (nSPS) is 10.9. The number of fused-ring (bicyclic) bond motifs is 1.